The summed E-state index contributed by atoms with van der Waals surface area (Å²) in [6.07, 6.45) is 4.16. The van der Waals surface area contributed by atoms with E-state index in [1.807, 2.05) is 4.90 Å². The molecule has 1 saturated carbocycles. The van der Waals surface area contributed by atoms with Crippen LogP contribution in [0.25, 0.3) is 0 Å². The third kappa shape index (κ3) is 3.59. The van der Waals surface area contributed by atoms with Gasteiger partial charge in [0, 0.05) is 25.0 Å². The first kappa shape index (κ1) is 14.1. The zero-order valence-electron chi connectivity index (χ0n) is 11.4. The second-order valence-electron chi connectivity index (χ2n) is 5.53. The first-order valence-corrected chi connectivity index (χ1v) is 6.99. The molecule has 3 atom stereocenters. The molecule has 0 aromatic rings. The zero-order valence-corrected chi connectivity index (χ0v) is 11.4. The van der Waals surface area contributed by atoms with Crippen molar-refractivity contribution in [2.24, 2.45) is 11.7 Å². The summed E-state index contributed by atoms with van der Waals surface area (Å²) in [6.45, 7) is 1.29. The largest absolute Gasteiger partial charge is 0.453 e. The zero-order chi connectivity index (χ0) is 13.8. The molecule has 0 aromatic heterocycles. The van der Waals surface area contributed by atoms with E-state index in [4.69, 9.17) is 5.73 Å². The van der Waals surface area contributed by atoms with Crippen molar-refractivity contribution in [1.29, 1.82) is 0 Å². The maximum atomic E-state index is 12.4. The van der Waals surface area contributed by atoms with E-state index in [1.165, 1.54) is 7.11 Å². The van der Waals surface area contributed by atoms with Crippen LogP contribution in [-0.4, -0.2) is 49.2 Å². The molecule has 0 aromatic carbocycles. The molecule has 2 rings (SSSR count). The van der Waals surface area contributed by atoms with Crippen LogP contribution in [0.3, 0.4) is 0 Å². The molecule has 2 fully saturated rings. The van der Waals surface area contributed by atoms with Crippen LogP contribution < -0.4 is 11.1 Å². The number of amides is 2. The van der Waals surface area contributed by atoms with E-state index in [-0.39, 0.29) is 23.9 Å². The number of likely N-dealkylation sites (tertiary alicyclic amines) is 1. The first-order valence-electron chi connectivity index (χ1n) is 6.99. The Morgan fingerprint density at radius 3 is 2.79 bits per heavy atom. The fraction of sp³-hybridized carbons (Fsp3) is 0.846. The highest BCUT2D eigenvalue weighted by atomic mass is 16.5. The van der Waals surface area contributed by atoms with Crippen molar-refractivity contribution >= 4 is 12.0 Å². The van der Waals surface area contributed by atoms with Crippen LogP contribution >= 0.6 is 0 Å². The highest BCUT2D eigenvalue weighted by Crippen LogP contribution is 2.26. The van der Waals surface area contributed by atoms with Crippen molar-refractivity contribution in [2.45, 2.75) is 44.2 Å². The van der Waals surface area contributed by atoms with Gasteiger partial charge in [-0.25, -0.2) is 4.79 Å². The summed E-state index contributed by atoms with van der Waals surface area (Å²) in [5, 5.41) is 2.75. The topological polar surface area (TPSA) is 84.7 Å². The molecule has 1 heterocycles. The number of methoxy groups -OCH3 is 1. The Bertz CT molecular complexity index is 348. The number of carbonyl (C=O) groups is 2. The van der Waals surface area contributed by atoms with Gasteiger partial charge in [-0.1, -0.05) is 6.42 Å². The Balaban J connectivity index is 1.82. The predicted molar refractivity (Wildman–Crippen MR) is 70.5 cm³/mol. The Hall–Kier alpha value is -1.30. The fourth-order valence-electron chi connectivity index (χ4n) is 3.01. The quantitative estimate of drug-likeness (QED) is 0.762. The lowest BCUT2D eigenvalue weighted by Crippen LogP contribution is -2.42. The molecular formula is C13H23N3O3. The van der Waals surface area contributed by atoms with Crippen LogP contribution in [0, 0.1) is 5.92 Å². The Labute approximate surface area is 113 Å². The van der Waals surface area contributed by atoms with Gasteiger partial charge >= 0.3 is 6.09 Å². The predicted octanol–water partition coefficient (Wildman–Crippen LogP) is 0.461. The summed E-state index contributed by atoms with van der Waals surface area (Å²) in [5.74, 6) is 0.268. The molecule has 6 heteroatoms. The summed E-state index contributed by atoms with van der Waals surface area (Å²) < 4.78 is 4.57. The Kier molecular flexibility index (Phi) is 4.63. The molecule has 3 unspecified atom stereocenters. The van der Waals surface area contributed by atoms with Crippen LogP contribution in [0.2, 0.25) is 0 Å². The monoisotopic (exact) mass is 269 g/mol. The normalized spacial score (nSPS) is 31.1. The van der Waals surface area contributed by atoms with Gasteiger partial charge in [-0.15, -0.1) is 0 Å². The molecule has 6 nitrogen and oxygen atoms in total. The minimum Gasteiger partial charge on any atom is -0.453 e. The maximum absolute atomic E-state index is 12.4. The standard InChI is InChI=1S/C13H23N3O3/c1-19-13(18)15-11-5-6-16(8-11)12(17)9-3-2-4-10(14)7-9/h9-11H,2-8,14H2,1H3,(H,15,18). The number of hydrogen-bond donors (Lipinski definition) is 2. The van der Waals surface area contributed by atoms with Gasteiger partial charge < -0.3 is 20.7 Å². The highest BCUT2D eigenvalue weighted by molar-refractivity contribution is 5.79. The van der Waals surface area contributed by atoms with Crippen LogP contribution in [0.4, 0.5) is 4.79 Å². The second-order valence-corrected chi connectivity index (χ2v) is 5.53. The summed E-state index contributed by atoms with van der Waals surface area (Å²) in [5.41, 5.74) is 5.93. The van der Waals surface area contributed by atoms with Gasteiger partial charge in [-0.05, 0) is 25.7 Å². The van der Waals surface area contributed by atoms with E-state index in [0.717, 1.165) is 32.1 Å². The number of hydrogen-bond acceptors (Lipinski definition) is 4. The van der Waals surface area contributed by atoms with Crippen LogP contribution in [-0.2, 0) is 9.53 Å². The van der Waals surface area contributed by atoms with Gasteiger partial charge in [0.15, 0.2) is 0 Å². The number of ether oxygens (including phenoxy) is 1. The first-order chi connectivity index (χ1) is 9.10. The number of alkyl carbamates (subject to hydrolysis) is 1. The van der Waals surface area contributed by atoms with Crippen LogP contribution in [0.15, 0.2) is 0 Å². The van der Waals surface area contributed by atoms with Gasteiger partial charge in [-0.2, -0.15) is 0 Å². The molecule has 2 amide bonds. The molecule has 19 heavy (non-hydrogen) atoms. The van der Waals surface area contributed by atoms with Crippen LogP contribution in [0.1, 0.15) is 32.1 Å². The third-order valence-electron chi connectivity index (χ3n) is 4.07. The summed E-state index contributed by atoms with van der Waals surface area (Å²) in [6, 6.07) is 0.169. The minimum absolute atomic E-state index is 0.00802. The molecule has 0 bridgehead atoms. The summed E-state index contributed by atoms with van der Waals surface area (Å²) in [4.78, 5) is 25.4. The van der Waals surface area contributed by atoms with Gasteiger partial charge in [-0.3, -0.25) is 4.79 Å². The summed E-state index contributed by atoms with van der Waals surface area (Å²) in [7, 11) is 1.34. The maximum Gasteiger partial charge on any atom is 0.407 e. The third-order valence-corrected chi connectivity index (χ3v) is 4.07. The average Bonchev–Trinajstić information content (AvgIpc) is 2.86. The molecule has 1 aliphatic carbocycles. The molecule has 3 N–H and O–H groups in total. The average molecular weight is 269 g/mol. The Morgan fingerprint density at radius 1 is 1.32 bits per heavy atom. The molecule has 0 spiro atoms. The lowest BCUT2D eigenvalue weighted by molar-refractivity contribution is -0.135. The molecular weight excluding hydrogens is 246 g/mol. The van der Waals surface area contributed by atoms with Gasteiger partial charge in [0.25, 0.3) is 0 Å². The summed E-state index contributed by atoms with van der Waals surface area (Å²) >= 11 is 0. The molecule has 1 saturated heterocycles. The van der Waals surface area contributed by atoms with Crippen molar-refractivity contribution in [3.8, 4) is 0 Å². The molecule has 0 radical (unpaired) electrons. The van der Waals surface area contributed by atoms with Crippen molar-refractivity contribution in [2.75, 3.05) is 20.2 Å². The van der Waals surface area contributed by atoms with E-state index < -0.39 is 6.09 Å². The number of nitrogens with zero attached hydrogens (tertiary/aromatic N) is 1. The van der Waals surface area contributed by atoms with Crippen molar-refractivity contribution in [3.63, 3.8) is 0 Å². The fourth-order valence-corrected chi connectivity index (χ4v) is 3.01. The smallest absolute Gasteiger partial charge is 0.407 e. The Morgan fingerprint density at radius 2 is 2.11 bits per heavy atom. The van der Waals surface area contributed by atoms with Crippen molar-refractivity contribution < 1.29 is 14.3 Å². The molecule has 2 aliphatic rings. The van der Waals surface area contributed by atoms with Gasteiger partial charge in [0.1, 0.15) is 0 Å². The molecule has 108 valence electrons. The SMILES string of the molecule is COC(=O)NC1CCN(C(=O)C2CCCC(N)C2)C1. The van der Waals surface area contributed by atoms with Crippen molar-refractivity contribution in [3.05, 3.63) is 0 Å². The van der Waals surface area contributed by atoms with E-state index in [9.17, 15) is 9.59 Å². The lowest BCUT2D eigenvalue weighted by Gasteiger charge is -2.29. The van der Waals surface area contributed by atoms with Gasteiger partial charge in [0.2, 0.25) is 5.91 Å². The molecule has 1 aliphatic heterocycles. The highest BCUT2D eigenvalue weighted by Gasteiger charge is 2.33. The van der Waals surface area contributed by atoms with E-state index in [1.54, 1.807) is 0 Å². The van der Waals surface area contributed by atoms with Crippen LogP contribution in [0.5, 0.6) is 0 Å². The van der Waals surface area contributed by atoms with E-state index >= 15 is 0 Å². The number of nitrogens with two attached hydrogens (primary N) is 1. The van der Waals surface area contributed by atoms with E-state index in [2.05, 4.69) is 10.1 Å². The second kappa shape index (κ2) is 6.23. The van der Waals surface area contributed by atoms with Crippen molar-refractivity contribution in [1.82, 2.24) is 10.2 Å². The van der Waals surface area contributed by atoms with Gasteiger partial charge in [0.05, 0.1) is 13.2 Å². The number of rotatable bonds is 2. The lowest BCUT2D eigenvalue weighted by atomic mass is 9.85. The van der Waals surface area contributed by atoms with E-state index in [0.29, 0.717) is 13.1 Å². The number of carbonyl (C=O) groups excluding carboxylic acids is 2. The minimum atomic E-state index is -0.431. The number of nitrogens with one attached hydrogen (secondary N) is 1.